The predicted octanol–water partition coefficient (Wildman–Crippen LogP) is -1.28. The number of rotatable bonds is 2. The van der Waals surface area contributed by atoms with E-state index in [0.29, 0.717) is 5.92 Å². The van der Waals surface area contributed by atoms with Gasteiger partial charge < -0.3 is 29.9 Å². The van der Waals surface area contributed by atoms with E-state index < -0.39 is 0 Å². The second kappa shape index (κ2) is 9.06. The van der Waals surface area contributed by atoms with Crippen molar-refractivity contribution >= 4 is 10.8 Å². The minimum atomic E-state index is 0. The van der Waals surface area contributed by atoms with E-state index >= 15 is 0 Å². The maximum Gasteiger partial charge on any atom is 2.00 e. The van der Waals surface area contributed by atoms with Gasteiger partial charge >= 0.3 is 21.7 Å². The molecule has 1 aliphatic rings. The van der Waals surface area contributed by atoms with E-state index in [2.05, 4.69) is 51.1 Å². The molecule has 1 N–H and O–H groups in total. The Morgan fingerprint density at radius 1 is 0.957 bits per heavy atom. The van der Waals surface area contributed by atoms with E-state index in [1.165, 1.54) is 27.7 Å². The largest absolute Gasteiger partial charge is 2.00 e. The zero-order valence-corrected chi connectivity index (χ0v) is 16.6. The maximum absolute atomic E-state index is 9.86. The minimum Gasteiger partial charge on any atom is -1.00 e. The van der Waals surface area contributed by atoms with Crippen LogP contribution < -0.4 is 24.8 Å². The van der Waals surface area contributed by atoms with Crippen LogP contribution in [-0.4, -0.2) is 5.11 Å². The minimum absolute atomic E-state index is 0. The molecule has 1 unspecified atom stereocenters. The fraction of sp³-hybridized carbons (Fsp3) is 0.263. The first-order chi connectivity index (χ1) is 9.63. The van der Waals surface area contributed by atoms with Gasteiger partial charge in [-0.05, 0) is 48.2 Å². The molecule has 4 heteroatoms. The summed E-state index contributed by atoms with van der Waals surface area (Å²) in [6, 6.07) is 12.6. The van der Waals surface area contributed by atoms with Gasteiger partial charge in [-0.3, -0.25) is 0 Å². The van der Waals surface area contributed by atoms with E-state index in [1.54, 1.807) is 0 Å². The molecule has 3 rings (SSSR count). The Kier molecular flexibility index (Phi) is 8.83. The van der Waals surface area contributed by atoms with E-state index in [9.17, 15) is 5.11 Å². The van der Waals surface area contributed by atoms with Crippen molar-refractivity contribution in [3.05, 3.63) is 70.3 Å². The second-order valence-corrected chi connectivity index (χ2v) is 5.65. The smallest absolute Gasteiger partial charge is 1.00 e. The molecule has 1 aliphatic carbocycles. The zero-order valence-electron chi connectivity index (χ0n) is 13.5. The number of aliphatic hydroxyl groups excluding tert-OH is 1. The fourth-order valence-electron chi connectivity index (χ4n) is 3.19. The monoisotopic (exact) mass is 382 g/mol. The zero-order chi connectivity index (χ0) is 14.3. The molecule has 0 fully saturated rings. The van der Waals surface area contributed by atoms with Crippen molar-refractivity contribution in [2.45, 2.75) is 33.3 Å². The summed E-state index contributed by atoms with van der Waals surface area (Å²) in [5, 5.41) is 12.2. The van der Waals surface area contributed by atoms with Crippen molar-refractivity contribution in [2.24, 2.45) is 0 Å². The van der Waals surface area contributed by atoms with Gasteiger partial charge in [0.25, 0.3) is 0 Å². The molecule has 0 aromatic heterocycles. The van der Waals surface area contributed by atoms with Crippen LogP contribution >= 0.6 is 0 Å². The second-order valence-electron chi connectivity index (χ2n) is 5.65. The average molecular weight is 383 g/mol. The summed E-state index contributed by atoms with van der Waals surface area (Å²) in [6.07, 6.45) is 2.31. The topological polar surface area (TPSA) is 20.2 Å². The van der Waals surface area contributed by atoms with Crippen LogP contribution in [0.3, 0.4) is 0 Å². The quantitative estimate of drug-likeness (QED) is 0.641. The Morgan fingerprint density at radius 2 is 1.61 bits per heavy atom. The van der Waals surface area contributed by atoms with Gasteiger partial charge in [-0.2, -0.15) is 0 Å². The first-order valence-corrected chi connectivity index (χ1v) is 7.11. The van der Waals surface area contributed by atoms with Crippen molar-refractivity contribution in [1.82, 2.24) is 0 Å². The summed E-state index contributed by atoms with van der Waals surface area (Å²) in [5.41, 5.74) is 6.43. The fourth-order valence-corrected chi connectivity index (χ4v) is 3.19. The van der Waals surface area contributed by atoms with Gasteiger partial charge in [-0.25, -0.2) is 0 Å². The number of aliphatic hydroxyl groups is 1. The molecule has 1 nitrogen and oxygen atoms in total. The summed E-state index contributed by atoms with van der Waals surface area (Å²) in [6.45, 7) is 6.63. The Morgan fingerprint density at radius 3 is 2.17 bits per heavy atom. The van der Waals surface area contributed by atoms with Gasteiger partial charge in [0, 0.05) is 5.92 Å². The molecule has 120 valence electrons. The normalized spacial score (nSPS) is 16.3. The molecule has 0 saturated heterocycles. The molecule has 0 bridgehead atoms. The molecule has 0 radical (unpaired) electrons. The van der Waals surface area contributed by atoms with Crippen LogP contribution in [0.2, 0.25) is 0 Å². The summed E-state index contributed by atoms with van der Waals surface area (Å²) in [5.74, 6) is 0.307. The third-order valence-corrected chi connectivity index (χ3v) is 4.64. The molecule has 0 aliphatic heterocycles. The Balaban J connectivity index is 0.00000161. The summed E-state index contributed by atoms with van der Waals surface area (Å²) in [4.78, 5) is 0. The summed E-state index contributed by atoms with van der Waals surface area (Å²) >= 11 is 0. The molecular weight excluding hydrogens is 363 g/mol. The van der Waals surface area contributed by atoms with Crippen molar-refractivity contribution in [1.29, 1.82) is 0 Å². The molecule has 0 spiro atoms. The van der Waals surface area contributed by atoms with Crippen LogP contribution in [0.25, 0.3) is 10.8 Å². The number of halogens is 2. The first-order valence-electron chi connectivity index (χ1n) is 7.11. The van der Waals surface area contributed by atoms with E-state index in [1.807, 2.05) is 12.1 Å². The van der Waals surface area contributed by atoms with Crippen LogP contribution in [0.1, 0.15) is 37.8 Å². The van der Waals surface area contributed by atoms with Crippen LogP contribution in [0, 0.1) is 0 Å². The molecule has 0 amide bonds. The Hall–Kier alpha value is -0.566. The number of allylic oxidation sites excluding steroid dienone is 4. The van der Waals surface area contributed by atoms with E-state index in [0.717, 1.165) is 10.9 Å². The molecule has 23 heavy (non-hydrogen) atoms. The third kappa shape index (κ3) is 3.92. The number of hydrogen-bond donors (Lipinski definition) is 1. The van der Waals surface area contributed by atoms with E-state index in [-0.39, 0.29) is 53.1 Å². The Bertz CT molecular complexity index is 750. The van der Waals surface area contributed by atoms with Crippen molar-refractivity contribution in [3.8, 4) is 0 Å². The standard InChI is InChI=1S/C19H20O.2ClH.Ti/c1-12-10-18(14(3)13(12)2)17-9-8-15-6-4-5-7-16(15)19(17)11-20;;;/h4-10,18,20H,11H2,1-3H3;2*1H;/q;;;+2/p-2. The van der Waals surface area contributed by atoms with Crippen molar-refractivity contribution in [2.75, 3.05) is 0 Å². The third-order valence-electron chi connectivity index (χ3n) is 4.64. The molecule has 2 aromatic carbocycles. The van der Waals surface area contributed by atoms with Gasteiger partial charge in [0.05, 0.1) is 6.61 Å². The summed E-state index contributed by atoms with van der Waals surface area (Å²) in [7, 11) is 0. The molecule has 2 aromatic rings. The van der Waals surface area contributed by atoms with Crippen LogP contribution in [0.15, 0.2) is 59.2 Å². The predicted molar refractivity (Wildman–Crippen MR) is 84.7 cm³/mol. The first kappa shape index (κ1) is 22.4. The van der Waals surface area contributed by atoms with Crippen molar-refractivity contribution < 1.29 is 51.6 Å². The van der Waals surface area contributed by atoms with Crippen LogP contribution in [-0.2, 0) is 28.3 Å². The molecular formula is C19H20Cl2OTi. The van der Waals surface area contributed by atoms with Gasteiger partial charge in [0.15, 0.2) is 0 Å². The molecule has 1 atom stereocenters. The van der Waals surface area contributed by atoms with Gasteiger partial charge in [-0.1, -0.05) is 53.6 Å². The van der Waals surface area contributed by atoms with E-state index in [4.69, 9.17) is 0 Å². The SMILES string of the molecule is CC1=CC(c2ccc3ccccc3c2CO)C(C)=C1C.[Cl-].[Cl-].[Ti+2]. The van der Waals surface area contributed by atoms with Gasteiger partial charge in [0.1, 0.15) is 0 Å². The van der Waals surface area contributed by atoms with Crippen molar-refractivity contribution in [3.63, 3.8) is 0 Å². The van der Waals surface area contributed by atoms with Crippen LogP contribution in [0.5, 0.6) is 0 Å². The molecule has 0 saturated carbocycles. The number of fused-ring (bicyclic) bond motifs is 1. The van der Waals surface area contributed by atoms with Gasteiger partial charge in [0.2, 0.25) is 0 Å². The average Bonchev–Trinajstić information content (AvgIpc) is 2.73. The molecule has 0 heterocycles. The number of benzene rings is 2. The van der Waals surface area contributed by atoms with Crippen LogP contribution in [0.4, 0.5) is 0 Å². The maximum atomic E-state index is 9.86. The number of hydrogen-bond acceptors (Lipinski definition) is 1. The summed E-state index contributed by atoms with van der Waals surface area (Å²) < 4.78 is 0. The Labute approximate surface area is 165 Å². The van der Waals surface area contributed by atoms with Gasteiger partial charge in [-0.15, -0.1) is 0 Å².